The number of ether oxygens (including phenoxy) is 1. The van der Waals surface area contributed by atoms with Gasteiger partial charge in [-0.05, 0) is 55.0 Å². The van der Waals surface area contributed by atoms with Crippen LogP contribution >= 0.6 is 12.2 Å². The molecule has 2 aromatic rings. The molecule has 2 amide bonds. The van der Waals surface area contributed by atoms with E-state index < -0.39 is 0 Å². The lowest BCUT2D eigenvalue weighted by molar-refractivity contribution is 0.0934. The van der Waals surface area contributed by atoms with Gasteiger partial charge in [-0.25, -0.2) is 0 Å². The molecule has 0 fully saturated rings. The monoisotopic (exact) mass is 399 g/mol. The molecule has 0 aliphatic heterocycles. The third-order valence-electron chi connectivity index (χ3n) is 3.94. The van der Waals surface area contributed by atoms with Crippen LogP contribution in [-0.4, -0.2) is 23.5 Å². The highest BCUT2D eigenvalue weighted by Gasteiger charge is 2.09. The number of carbonyl (C=O) groups excluding carboxylic acids is 2. The summed E-state index contributed by atoms with van der Waals surface area (Å²) in [4.78, 5) is 24.1. The third-order valence-corrected chi connectivity index (χ3v) is 4.14. The van der Waals surface area contributed by atoms with Crippen LogP contribution in [0.1, 0.15) is 53.3 Å². The summed E-state index contributed by atoms with van der Waals surface area (Å²) in [5.41, 5.74) is 5.87. The van der Waals surface area contributed by atoms with Crippen molar-refractivity contribution in [3.05, 3.63) is 65.7 Å². The molecule has 0 aliphatic rings. The van der Waals surface area contributed by atoms with Crippen LogP contribution in [0.2, 0.25) is 0 Å². The Balaban J connectivity index is 1.74. The standard InChI is InChI=1S/C21H25N3O3S/c1-2-3-4-8-15-27-18-13-11-17(12-14-18)19(25)22-21(28)24-23-20(26)16-9-6-5-7-10-16/h5-7,9-14H,2-4,8,15H2,1H3,(H,23,26)(H2,22,24,25,28). The molecule has 0 aliphatic carbocycles. The highest BCUT2D eigenvalue weighted by atomic mass is 32.1. The van der Waals surface area contributed by atoms with Gasteiger partial charge in [-0.15, -0.1) is 0 Å². The summed E-state index contributed by atoms with van der Waals surface area (Å²) in [6.45, 7) is 2.84. The fraction of sp³-hybridized carbons (Fsp3) is 0.286. The smallest absolute Gasteiger partial charge is 0.269 e. The van der Waals surface area contributed by atoms with Crippen molar-refractivity contribution < 1.29 is 14.3 Å². The summed E-state index contributed by atoms with van der Waals surface area (Å²) in [6, 6.07) is 15.5. The number of hydrogen-bond acceptors (Lipinski definition) is 4. The van der Waals surface area contributed by atoms with E-state index in [4.69, 9.17) is 17.0 Å². The molecule has 0 radical (unpaired) electrons. The van der Waals surface area contributed by atoms with E-state index in [2.05, 4.69) is 23.1 Å². The number of thiocarbonyl (C=S) groups is 1. The Labute approximate surface area is 170 Å². The first-order valence-electron chi connectivity index (χ1n) is 9.29. The number of nitrogens with one attached hydrogen (secondary N) is 3. The van der Waals surface area contributed by atoms with Crippen LogP contribution < -0.4 is 20.9 Å². The second-order valence-corrected chi connectivity index (χ2v) is 6.57. The molecule has 0 unspecified atom stereocenters. The van der Waals surface area contributed by atoms with E-state index in [9.17, 15) is 9.59 Å². The first-order valence-corrected chi connectivity index (χ1v) is 9.70. The van der Waals surface area contributed by atoms with Crippen LogP contribution in [0.4, 0.5) is 0 Å². The Kier molecular flexibility index (Phi) is 8.94. The number of carbonyl (C=O) groups is 2. The summed E-state index contributed by atoms with van der Waals surface area (Å²) >= 11 is 5.03. The van der Waals surface area contributed by atoms with Crippen molar-refractivity contribution in [3.63, 3.8) is 0 Å². The first kappa shape index (κ1) is 21.4. The topological polar surface area (TPSA) is 79.5 Å². The van der Waals surface area contributed by atoms with Gasteiger partial charge in [-0.3, -0.25) is 25.8 Å². The quantitative estimate of drug-likeness (QED) is 0.359. The SMILES string of the molecule is CCCCCCOc1ccc(C(=O)NC(=S)NNC(=O)c2ccccc2)cc1. The van der Waals surface area contributed by atoms with Crippen molar-refractivity contribution in [2.75, 3.05) is 6.61 Å². The van der Waals surface area contributed by atoms with Gasteiger partial charge in [-0.1, -0.05) is 44.4 Å². The lowest BCUT2D eigenvalue weighted by Gasteiger charge is -2.11. The highest BCUT2D eigenvalue weighted by Crippen LogP contribution is 2.13. The van der Waals surface area contributed by atoms with Crippen molar-refractivity contribution in [2.45, 2.75) is 32.6 Å². The van der Waals surface area contributed by atoms with Gasteiger partial charge in [0, 0.05) is 11.1 Å². The molecule has 7 heteroatoms. The van der Waals surface area contributed by atoms with Gasteiger partial charge in [0.1, 0.15) is 5.75 Å². The Morgan fingerprint density at radius 2 is 1.54 bits per heavy atom. The maximum absolute atomic E-state index is 12.2. The lowest BCUT2D eigenvalue weighted by atomic mass is 10.2. The maximum atomic E-state index is 12.2. The van der Waals surface area contributed by atoms with E-state index in [1.165, 1.54) is 12.8 Å². The molecule has 2 aromatic carbocycles. The predicted molar refractivity (Wildman–Crippen MR) is 113 cm³/mol. The summed E-state index contributed by atoms with van der Waals surface area (Å²) in [5, 5.41) is 2.52. The minimum atomic E-state index is -0.374. The van der Waals surface area contributed by atoms with Gasteiger partial charge in [0.05, 0.1) is 6.61 Å². The van der Waals surface area contributed by atoms with E-state index in [1.807, 2.05) is 6.07 Å². The molecule has 0 spiro atoms. The Morgan fingerprint density at radius 1 is 0.857 bits per heavy atom. The predicted octanol–water partition coefficient (Wildman–Crippen LogP) is 3.60. The van der Waals surface area contributed by atoms with Crippen LogP contribution in [0.25, 0.3) is 0 Å². The number of hydrazine groups is 1. The van der Waals surface area contributed by atoms with E-state index >= 15 is 0 Å². The largest absolute Gasteiger partial charge is 0.494 e. The molecule has 2 rings (SSSR count). The fourth-order valence-electron chi connectivity index (χ4n) is 2.40. The second kappa shape index (κ2) is 11.7. The average molecular weight is 400 g/mol. The second-order valence-electron chi connectivity index (χ2n) is 6.16. The normalized spacial score (nSPS) is 10.0. The van der Waals surface area contributed by atoms with E-state index in [1.54, 1.807) is 48.5 Å². The van der Waals surface area contributed by atoms with Gasteiger partial charge in [0.2, 0.25) is 0 Å². The van der Waals surface area contributed by atoms with Crippen LogP contribution in [-0.2, 0) is 0 Å². The fourth-order valence-corrected chi connectivity index (χ4v) is 2.55. The molecule has 0 aromatic heterocycles. The zero-order valence-electron chi connectivity index (χ0n) is 15.9. The van der Waals surface area contributed by atoms with Gasteiger partial charge >= 0.3 is 0 Å². The molecule has 148 valence electrons. The third kappa shape index (κ3) is 7.36. The summed E-state index contributed by atoms with van der Waals surface area (Å²) in [5.74, 6) is 0.00228. The zero-order chi connectivity index (χ0) is 20.2. The van der Waals surface area contributed by atoms with Gasteiger partial charge in [-0.2, -0.15) is 0 Å². The van der Waals surface area contributed by atoms with Crippen molar-refractivity contribution >= 4 is 29.1 Å². The molecule has 0 atom stereocenters. The summed E-state index contributed by atoms with van der Waals surface area (Å²) in [7, 11) is 0. The Bertz CT molecular complexity index is 779. The number of unbranched alkanes of at least 4 members (excludes halogenated alkanes) is 3. The highest BCUT2D eigenvalue weighted by molar-refractivity contribution is 7.80. The summed E-state index contributed by atoms with van der Waals surface area (Å²) in [6.07, 6.45) is 4.58. The number of amides is 2. The number of hydrogen-bond donors (Lipinski definition) is 3. The van der Waals surface area contributed by atoms with Crippen molar-refractivity contribution in [1.29, 1.82) is 0 Å². The van der Waals surface area contributed by atoms with E-state index in [0.717, 1.165) is 18.6 Å². The Morgan fingerprint density at radius 3 is 2.21 bits per heavy atom. The van der Waals surface area contributed by atoms with Crippen molar-refractivity contribution in [3.8, 4) is 5.75 Å². The molecule has 28 heavy (non-hydrogen) atoms. The average Bonchev–Trinajstić information content (AvgIpc) is 2.73. The Hall–Kier alpha value is -2.93. The van der Waals surface area contributed by atoms with E-state index in [-0.39, 0.29) is 16.9 Å². The number of benzene rings is 2. The van der Waals surface area contributed by atoms with Crippen LogP contribution in [0.15, 0.2) is 54.6 Å². The molecule has 0 saturated heterocycles. The molecule has 3 N–H and O–H groups in total. The molecule has 0 heterocycles. The van der Waals surface area contributed by atoms with Gasteiger partial charge < -0.3 is 4.74 Å². The number of rotatable bonds is 8. The summed E-state index contributed by atoms with van der Waals surface area (Å²) < 4.78 is 5.66. The molecular formula is C21H25N3O3S. The van der Waals surface area contributed by atoms with Crippen LogP contribution in [0, 0.1) is 0 Å². The minimum Gasteiger partial charge on any atom is -0.494 e. The zero-order valence-corrected chi connectivity index (χ0v) is 16.7. The lowest BCUT2D eigenvalue weighted by Crippen LogP contribution is -2.48. The van der Waals surface area contributed by atoms with Crippen molar-refractivity contribution in [2.24, 2.45) is 0 Å². The van der Waals surface area contributed by atoms with Gasteiger partial charge in [0.15, 0.2) is 5.11 Å². The van der Waals surface area contributed by atoms with Crippen LogP contribution in [0.3, 0.4) is 0 Å². The molecule has 6 nitrogen and oxygen atoms in total. The van der Waals surface area contributed by atoms with Crippen LogP contribution in [0.5, 0.6) is 5.75 Å². The van der Waals surface area contributed by atoms with E-state index in [0.29, 0.717) is 17.7 Å². The molecular weight excluding hydrogens is 374 g/mol. The molecule has 0 saturated carbocycles. The van der Waals surface area contributed by atoms with Crippen molar-refractivity contribution in [1.82, 2.24) is 16.2 Å². The maximum Gasteiger partial charge on any atom is 0.269 e. The molecule has 0 bridgehead atoms. The minimum absolute atomic E-state index is 0.00512. The van der Waals surface area contributed by atoms with Gasteiger partial charge in [0.25, 0.3) is 11.8 Å². The first-order chi connectivity index (χ1) is 13.6.